The molecule has 1 aromatic heterocycles. The van der Waals surface area contributed by atoms with Crippen molar-refractivity contribution in [1.82, 2.24) is 0 Å². The first-order valence-corrected chi connectivity index (χ1v) is 7.53. The predicted octanol–water partition coefficient (Wildman–Crippen LogP) is 4.31. The lowest BCUT2D eigenvalue weighted by Gasteiger charge is -2.16. The SMILES string of the molecule is Cc1cc(C(C)Nc2ccc(C(N)=S)c(F)c2)c(C)s1. The van der Waals surface area contributed by atoms with E-state index in [2.05, 4.69) is 32.2 Å². The number of anilines is 1. The molecule has 0 spiro atoms. The maximum atomic E-state index is 13.8. The van der Waals surface area contributed by atoms with Crippen molar-refractivity contribution in [3.63, 3.8) is 0 Å². The monoisotopic (exact) mass is 308 g/mol. The number of halogens is 1. The van der Waals surface area contributed by atoms with Gasteiger partial charge in [0.25, 0.3) is 0 Å². The molecule has 1 atom stereocenters. The highest BCUT2D eigenvalue weighted by atomic mass is 32.1. The molecule has 0 amide bonds. The van der Waals surface area contributed by atoms with E-state index in [0.717, 1.165) is 5.69 Å². The van der Waals surface area contributed by atoms with Gasteiger partial charge in [0, 0.05) is 27.0 Å². The van der Waals surface area contributed by atoms with Gasteiger partial charge in [0.1, 0.15) is 10.8 Å². The van der Waals surface area contributed by atoms with Crippen LogP contribution in [0.25, 0.3) is 0 Å². The zero-order valence-corrected chi connectivity index (χ0v) is 13.3. The van der Waals surface area contributed by atoms with Crippen LogP contribution in [0, 0.1) is 19.7 Å². The Bertz CT molecular complexity index is 649. The van der Waals surface area contributed by atoms with Gasteiger partial charge in [0.2, 0.25) is 0 Å². The molecular weight excluding hydrogens is 291 g/mol. The number of aryl methyl sites for hydroxylation is 2. The third kappa shape index (κ3) is 3.16. The van der Waals surface area contributed by atoms with E-state index in [-0.39, 0.29) is 16.6 Å². The van der Waals surface area contributed by atoms with E-state index in [9.17, 15) is 4.39 Å². The molecule has 0 radical (unpaired) electrons. The summed E-state index contributed by atoms with van der Waals surface area (Å²) in [6.45, 7) is 6.25. The molecule has 3 N–H and O–H groups in total. The van der Waals surface area contributed by atoms with Gasteiger partial charge in [-0.15, -0.1) is 11.3 Å². The molecule has 0 aliphatic heterocycles. The molecule has 106 valence electrons. The van der Waals surface area contributed by atoms with Crippen molar-refractivity contribution in [2.45, 2.75) is 26.8 Å². The first-order valence-electron chi connectivity index (χ1n) is 6.31. The summed E-state index contributed by atoms with van der Waals surface area (Å²) in [6, 6.07) is 7.12. The number of nitrogens with two attached hydrogens (primary N) is 1. The van der Waals surface area contributed by atoms with Crippen LogP contribution in [0.1, 0.15) is 33.8 Å². The van der Waals surface area contributed by atoms with Gasteiger partial charge in [-0.2, -0.15) is 0 Å². The number of hydrogen-bond acceptors (Lipinski definition) is 3. The normalized spacial score (nSPS) is 12.2. The van der Waals surface area contributed by atoms with Gasteiger partial charge in [-0.25, -0.2) is 4.39 Å². The highest BCUT2D eigenvalue weighted by molar-refractivity contribution is 7.80. The van der Waals surface area contributed by atoms with Crippen molar-refractivity contribution in [2.24, 2.45) is 5.73 Å². The van der Waals surface area contributed by atoms with Gasteiger partial charge in [0.15, 0.2) is 0 Å². The molecule has 2 rings (SSSR count). The zero-order valence-electron chi connectivity index (χ0n) is 11.7. The fourth-order valence-electron chi connectivity index (χ4n) is 2.21. The van der Waals surface area contributed by atoms with Crippen LogP contribution in [0.15, 0.2) is 24.3 Å². The Morgan fingerprint density at radius 2 is 2.05 bits per heavy atom. The summed E-state index contributed by atoms with van der Waals surface area (Å²) in [5, 5.41) is 3.30. The molecule has 1 unspecified atom stereocenters. The molecule has 0 aliphatic rings. The van der Waals surface area contributed by atoms with Crippen LogP contribution in [-0.2, 0) is 0 Å². The van der Waals surface area contributed by atoms with E-state index in [1.165, 1.54) is 21.4 Å². The summed E-state index contributed by atoms with van der Waals surface area (Å²) in [7, 11) is 0. The van der Waals surface area contributed by atoms with Gasteiger partial charge in [-0.3, -0.25) is 0 Å². The van der Waals surface area contributed by atoms with Gasteiger partial charge >= 0.3 is 0 Å². The lowest BCUT2D eigenvalue weighted by Crippen LogP contribution is -2.12. The number of thiophene rings is 1. The molecule has 0 saturated heterocycles. The van der Waals surface area contributed by atoms with Crippen molar-refractivity contribution in [3.8, 4) is 0 Å². The minimum absolute atomic E-state index is 0.0754. The standard InChI is InChI=1S/C15H17FN2S2/c1-8-6-13(10(3)20-8)9(2)18-11-4-5-12(15(17)19)14(16)7-11/h4-7,9,18H,1-3H3,(H2,17,19). The van der Waals surface area contributed by atoms with Crippen LogP contribution in [0.2, 0.25) is 0 Å². The fraction of sp³-hybridized carbons (Fsp3) is 0.267. The molecule has 1 aromatic carbocycles. The second-order valence-electron chi connectivity index (χ2n) is 4.79. The third-order valence-corrected chi connectivity index (χ3v) is 4.37. The van der Waals surface area contributed by atoms with E-state index in [0.29, 0.717) is 0 Å². The molecule has 5 heteroatoms. The largest absolute Gasteiger partial charge is 0.389 e. The molecular formula is C15H17FN2S2. The van der Waals surface area contributed by atoms with E-state index < -0.39 is 5.82 Å². The molecule has 0 fully saturated rings. The van der Waals surface area contributed by atoms with Crippen LogP contribution in [0.5, 0.6) is 0 Å². The molecule has 0 bridgehead atoms. The minimum atomic E-state index is -0.395. The minimum Gasteiger partial charge on any atom is -0.389 e. The topological polar surface area (TPSA) is 38.0 Å². The van der Waals surface area contributed by atoms with Crippen molar-refractivity contribution < 1.29 is 4.39 Å². The average molecular weight is 308 g/mol. The van der Waals surface area contributed by atoms with Gasteiger partial charge in [-0.05, 0) is 50.6 Å². The van der Waals surface area contributed by atoms with Crippen LogP contribution in [-0.4, -0.2) is 4.99 Å². The summed E-state index contributed by atoms with van der Waals surface area (Å²) in [6.07, 6.45) is 0. The Morgan fingerprint density at radius 3 is 2.55 bits per heavy atom. The van der Waals surface area contributed by atoms with Crippen molar-refractivity contribution in [3.05, 3.63) is 51.0 Å². The third-order valence-electron chi connectivity index (χ3n) is 3.16. The lowest BCUT2D eigenvalue weighted by molar-refractivity contribution is 0.625. The predicted molar refractivity (Wildman–Crippen MR) is 88.1 cm³/mol. The number of benzene rings is 1. The van der Waals surface area contributed by atoms with Crippen molar-refractivity contribution in [1.29, 1.82) is 0 Å². The summed E-state index contributed by atoms with van der Waals surface area (Å²) < 4.78 is 13.8. The van der Waals surface area contributed by atoms with Crippen LogP contribution >= 0.6 is 23.6 Å². The maximum absolute atomic E-state index is 13.8. The van der Waals surface area contributed by atoms with Gasteiger partial charge < -0.3 is 11.1 Å². The summed E-state index contributed by atoms with van der Waals surface area (Å²) in [5.74, 6) is -0.395. The Hall–Kier alpha value is -1.46. The maximum Gasteiger partial charge on any atom is 0.135 e. The Balaban J connectivity index is 2.20. The van der Waals surface area contributed by atoms with Crippen LogP contribution in [0.3, 0.4) is 0 Å². The first-order chi connectivity index (χ1) is 9.38. The molecule has 1 heterocycles. The summed E-state index contributed by atoms with van der Waals surface area (Å²) in [5.41, 5.74) is 7.69. The van der Waals surface area contributed by atoms with Crippen molar-refractivity contribution in [2.75, 3.05) is 5.32 Å². The Labute approximate surface area is 127 Å². The summed E-state index contributed by atoms with van der Waals surface area (Å²) >= 11 is 6.57. The van der Waals surface area contributed by atoms with E-state index >= 15 is 0 Å². The van der Waals surface area contributed by atoms with Crippen LogP contribution in [0.4, 0.5) is 10.1 Å². The number of thiocarbonyl (C=S) groups is 1. The molecule has 20 heavy (non-hydrogen) atoms. The average Bonchev–Trinajstić information content (AvgIpc) is 2.68. The van der Waals surface area contributed by atoms with E-state index in [1.807, 2.05) is 0 Å². The smallest absolute Gasteiger partial charge is 0.135 e. The molecule has 2 aromatic rings. The first kappa shape index (κ1) is 14.9. The number of rotatable bonds is 4. The second kappa shape index (κ2) is 5.89. The quantitative estimate of drug-likeness (QED) is 0.827. The van der Waals surface area contributed by atoms with Crippen LogP contribution < -0.4 is 11.1 Å². The van der Waals surface area contributed by atoms with Gasteiger partial charge in [0.05, 0.1) is 0 Å². The summed E-state index contributed by atoms with van der Waals surface area (Å²) in [4.78, 5) is 2.63. The van der Waals surface area contributed by atoms with E-state index in [1.54, 1.807) is 23.5 Å². The molecule has 2 nitrogen and oxygen atoms in total. The molecule has 0 saturated carbocycles. The highest BCUT2D eigenvalue weighted by Crippen LogP contribution is 2.29. The lowest BCUT2D eigenvalue weighted by atomic mass is 10.1. The zero-order chi connectivity index (χ0) is 14.9. The fourth-order valence-corrected chi connectivity index (χ4v) is 3.40. The molecule has 0 aliphatic carbocycles. The Kier molecular flexibility index (Phi) is 4.40. The van der Waals surface area contributed by atoms with Gasteiger partial charge in [-0.1, -0.05) is 12.2 Å². The number of nitrogens with one attached hydrogen (secondary N) is 1. The highest BCUT2D eigenvalue weighted by Gasteiger charge is 2.12. The van der Waals surface area contributed by atoms with E-state index in [4.69, 9.17) is 18.0 Å². The Morgan fingerprint density at radius 1 is 1.35 bits per heavy atom. The van der Waals surface area contributed by atoms with Crippen molar-refractivity contribution >= 4 is 34.2 Å². The number of hydrogen-bond donors (Lipinski definition) is 2. The second-order valence-corrected chi connectivity index (χ2v) is 6.69.